The lowest BCUT2D eigenvalue weighted by atomic mass is 9.49. The molecule has 13 heteroatoms. The topological polar surface area (TPSA) is 213 Å². The summed E-state index contributed by atoms with van der Waals surface area (Å²) in [6.07, 6.45) is -1.91. The molecule has 0 saturated heterocycles. The Hall–Kier alpha value is -3.13. The molecular weight excluding hydrogens is 520 g/mol. The first-order valence-corrected chi connectivity index (χ1v) is 13.1. The first kappa shape index (κ1) is 27.9. The first-order valence-electron chi connectivity index (χ1n) is 11.9. The highest BCUT2D eigenvalue weighted by Gasteiger charge is 2.73. The first-order chi connectivity index (χ1) is 17.8. The number of primary amides is 1. The number of thioether (sulfide) groups is 1. The van der Waals surface area contributed by atoms with Gasteiger partial charge in [0, 0.05) is 23.3 Å². The van der Waals surface area contributed by atoms with Gasteiger partial charge in [0.25, 0.3) is 0 Å². The van der Waals surface area contributed by atoms with Crippen LogP contribution in [0.4, 0.5) is 0 Å². The number of rotatable bonds is 7. The highest BCUT2D eigenvalue weighted by atomic mass is 32.2. The van der Waals surface area contributed by atoms with Gasteiger partial charge < -0.3 is 26.2 Å². The van der Waals surface area contributed by atoms with Crippen molar-refractivity contribution in [3.05, 3.63) is 29.3 Å². The number of aliphatic hydroxyl groups is 2. The average Bonchev–Trinajstić information content (AvgIpc) is 2.82. The number of amides is 1. The fraction of sp³-hybridized carbons (Fsp3) is 0.520. The maximum absolute atomic E-state index is 14.0. The van der Waals surface area contributed by atoms with E-state index in [-0.39, 0.29) is 23.5 Å². The van der Waals surface area contributed by atoms with Crippen LogP contribution >= 0.6 is 11.8 Å². The zero-order valence-electron chi connectivity index (χ0n) is 20.6. The Morgan fingerprint density at radius 1 is 1.13 bits per heavy atom. The van der Waals surface area contributed by atoms with Gasteiger partial charge in [0.1, 0.15) is 5.75 Å². The second-order valence-corrected chi connectivity index (χ2v) is 11.3. The van der Waals surface area contributed by atoms with E-state index in [1.807, 2.05) is 0 Å². The summed E-state index contributed by atoms with van der Waals surface area (Å²) in [5.74, 6) is -14.8. The standard InChI is InChI=1S/C25H28N2O10S/c1-27(2)18-17-20(32)14-10(8-38-7-6-12(29)30)9-4-3-5-11(28)13(9)19(31)15(14)22(34)25(17,37)23(35)16(21(18)33)24(26)36/h3-5,10,14-18,20,28,32,37H,6-8H2,1-2H3,(H2,26,36)(H,29,30). The van der Waals surface area contributed by atoms with Gasteiger partial charge in [-0.2, -0.15) is 11.8 Å². The maximum Gasteiger partial charge on any atom is 0.304 e. The number of aromatic hydroxyl groups is 1. The summed E-state index contributed by atoms with van der Waals surface area (Å²) in [5.41, 5.74) is 2.35. The Morgan fingerprint density at radius 3 is 2.37 bits per heavy atom. The number of phenolic OH excluding ortho intramolecular Hbond substituents is 1. The number of benzene rings is 1. The predicted molar refractivity (Wildman–Crippen MR) is 131 cm³/mol. The van der Waals surface area contributed by atoms with Crippen LogP contribution in [0, 0.1) is 23.7 Å². The molecule has 12 nitrogen and oxygen atoms in total. The van der Waals surface area contributed by atoms with E-state index in [9.17, 15) is 44.1 Å². The van der Waals surface area contributed by atoms with E-state index in [4.69, 9.17) is 10.8 Å². The van der Waals surface area contributed by atoms with Gasteiger partial charge in [-0.05, 0) is 25.7 Å². The summed E-state index contributed by atoms with van der Waals surface area (Å²) in [5, 5.41) is 42.9. The minimum Gasteiger partial charge on any atom is -0.507 e. The van der Waals surface area contributed by atoms with E-state index in [1.54, 1.807) is 6.07 Å². The SMILES string of the molecule is CN(C)C1C(=O)C(C(N)=O)C(=O)C2(O)C(=O)C3C(=O)c4c(O)cccc4C(CSCCC(=O)O)C3C(O)C12. The van der Waals surface area contributed by atoms with Crippen molar-refractivity contribution in [1.82, 2.24) is 4.90 Å². The molecule has 2 fully saturated rings. The van der Waals surface area contributed by atoms with E-state index in [1.165, 1.54) is 42.9 Å². The smallest absolute Gasteiger partial charge is 0.304 e. The van der Waals surface area contributed by atoms with Gasteiger partial charge in [-0.15, -0.1) is 0 Å². The third-order valence-electron chi connectivity index (χ3n) is 7.91. The van der Waals surface area contributed by atoms with Crippen LogP contribution in [0.1, 0.15) is 28.3 Å². The molecule has 0 aliphatic heterocycles. The number of phenols is 1. The van der Waals surface area contributed by atoms with Gasteiger partial charge in [-0.25, -0.2) is 0 Å². The highest BCUT2D eigenvalue weighted by Crippen LogP contribution is 2.55. The van der Waals surface area contributed by atoms with Crippen LogP contribution in [0.2, 0.25) is 0 Å². The van der Waals surface area contributed by atoms with E-state index in [0.717, 1.165) is 0 Å². The predicted octanol–water partition coefficient (Wildman–Crippen LogP) is -1.41. The molecule has 8 atom stereocenters. The van der Waals surface area contributed by atoms with Crippen molar-refractivity contribution in [2.24, 2.45) is 29.4 Å². The number of fused-ring (bicyclic) bond motifs is 3. The molecule has 4 rings (SSSR count). The number of hydrogen-bond donors (Lipinski definition) is 5. The van der Waals surface area contributed by atoms with Crippen LogP contribution in [0.25, 0.3) is 0 Å². The molecule has 0 spiro atoms. The fourth-order valence-electron chi connectivity index (χ4n) is 6.34. The minimum absolute atomic E-state index is 0.131. The van der Waals surface area contributed by atoms with Gasteiger partial charge in [0.15, 0.2) is 34.7 Å². The number of carboxylic acid groups (broad SMARTS) is 1. The van der Waals surface area contributed by atoms with Crippen molar-refractivity contribution >= 4 is 46.8 Å². The van der Waals surface area contributed by atoms with Gasteiger partial charge in [-0.1, -0.05) is 12.1 Å². The second-order valence-electron chi connectivity index (χ2n) is 10.1. The summed E-state index contributed by atoms with van der Waals surface area (Å²) in [6, 6.07) is 2.81. The summed E-state index contributed by atoms with van der Waals surface area (Å²) in [6.45, 7) is 0. The zero-order valence-corrected chi connectivity index (χ0v) is 21.4. The van der Waals surface area contributed by atoms with E-state index in [0.29, 0.717) is 5.56 Å². The molecule has 8 unspecified atom stereocenters. The largest absolute Gasteiger partial charge is 0.507 e. The van der Waals surface area contributed by atoms with Gasteiger partial charge in [0.05, 0.1) is 36.0 Å². The van der Waals surface area contributed by atoms with Crippen molar-refractivity contribution in [1.29, 1.82) is 0 Å². The number of likely N-dealkylation sites (N-methyl/N-ethyl adjacent to an activating group) is 1. The Bertz CT molecular complexity index is 1250. The number of hydrogen-bond acceptors (Lipinski definition) is 11. The zero-order chi connectivity index (χ0) is 28.3. The van der Waals surface area contributed by atoms with E-state index >= 15 is 0 Å². The summed E-state index contributed by atoms with van der Waals surface area (Å²) in [4.78, 5) is 78.5. The molecule has 2 saturated carbocycles. The van der Waals surface area contributed by atoms with Crippen molar-refractivity contribution in [2.75, 3.05) is 25.6 Å². The van der Waals surface area contributed by atoms with Crippen LogP contribution in [-0.4, -0.2) is 104 Å². The molecule has 1 aromatic rings. The molecule has 38 heavy (non-hydrogen) atoms. The van der Waals surface area contributed by atoms with Gasteiger partial charge >= 0.3 is 5.97 Å². The summed E-state index contributed by atoms with van der Waals surface area (Å²) in [7, 11) is 2.83. The highest BCUT2D eigenvalue weighted by molar-refractivity contribution is 7.99. The van der Waals surface area contributed by atoms with E-state index in [2.05, 4.69) is 0 Å². The fourth-order valence-corrected chi connectivity index (χ4v) is 7.48. The number of aliphatic hydroxyl groups excluding tert-OH is 1. The minimum atomic E-state index is -3.07. The molecular formula is C25H28N2O10S. The van der Waals surface area contributed by atoms with Crippen LogP contribution in [0.15, 0.2) is 18.2 Å². The molecule has 204 valence electrons. The van der Waals surface area contributed by atoms with Crippen molar-refractivity contribution < 1.29 is 49.2 Å². The third-order valence-corrected chi connectivity index (χ3v) is 9.00. The lowest BCUT2D eigenvalue weighted by Gasteiger charge is -2.56. The normalized spacial score (nSPS) is 34.5. The lowest BCUT2D eigenvalue weighted by molar-refractivity contribution is -0.196. The van der Waals surface area contributed by atoms with Crippen molar-refractivity contribution in [2.45, 2.75) is 30.1 Å². The molecule has 6 N–H and O–H groups in total. The monoisotopic (exact) mass is 548 g/mol. The number of Topliss-reactive ketones (excluding diaryl/α,β-unsaturated/α-hetero) is 4. The number of nitrogens with two attached hydrogens (primary N) is 1. The van der Waals surface area contributed by atoms with Crippen molar-refractivity contribution in [3.63, 3.8) is 0 Å². The molecule has 3 aliphatic rings. The number of ketones is 4. The van der Waals surface area contributed by atoms with Gasteiger partial charge in [0.2, 0.25) is 5.91 Å². The molecule has 3 aliphatic carbocycles. The van der Waals surface area contributed by atoms with Crippen LogP contribution in [0.3, 0.4) is 0 Å². The molecule has 1 amide bonds. The molecule has 1 aromatic carbocycles. The molecule has 0 aromatic heterocycles. The lowest BCUT2D eigenvalue weighted by Crippen LogP contribution is -2.77. The quantitative estimate of drug-likeness (QED) is 0.196. The molecule has 0 heterocycles. The number of aliphatic carboxylic acids is 1. The summed E-state index contributed by atoms with van der Waals surface area (Å²) < 4.78 is 0. The average molecular weight is 549 g/mol. The Balaban J connectivity index is 1.89. The van der Waals surface area contributed by atoms with E-state index < -0.39 is 88.1 Å². The number of nitrogens with zero attached hydrogens (tertiary/aromatic N) is 1. The number of carboxylic acids is 1. The Kier molecular flexibility index (Phi) is 7.25. The van der Waals surface area contributed by atoms with Gasteiger partial charge in [-0.3, -0.25) is 33.7 Å². The molecule has 0 bridgehead atoms. The summed E-state index contributed by atoms with van der Waals surface area (Å²) >= 11 is 1.19. The number of carbonyl (C=O) groups excluding carboxylic acids is 5. The molecule has 0 radical (unpaired) electrons. The number of carbonyl (C=O) groups is 6. The third kappa shape index (κ3) is 3.96. The Labute approximate surface area is 221 Å². The van der Waals surface area contributed by atoms with Crippen LogP contribution in [0.5, 0.6) is 5.75 Å². The maximum atomic E-state index is 14.0. The van der Waals surface area contributed by atoms with Crippen molar-refractivity contribution in [3.8, 4) is 5.75 Å². The second kappa shape index (κ2) is 9.88. The van der Waals surface area contributed by atoms with Crippen LogP contribution in [-0.2, 0) is 24.0 Å². The van der Waals surface area contributed by atoms with Crippen LogP contribution < -0.4 is 5.73 Å². The Morgan fingerprint density at radius 2 is 1.79 bits per heavy atom.